The van der Waals surface area contributed by atoms with Gasteiger partial charge in [-0.3, -0.25) is 9.59 Å². The number of imide groups is 1. The minimum Gasteiger partial charge on any atom is 0 e. The molecule has 1 spiro atoms. The fourth-order valence-electron chi connectivity index (χ4n) is 5.07. The van der Waals surface area contributed by atoms with Gasteiger partial charge in [0.2, 0.25) is 0 Å². The smallest absolute Gasteiger partial charge is 0 e. The first-order valence-corrected chi connectivity index (χ1v) is 12.7. The van der Waals surface area contributed by atoms with Crippen LogP contribution in [0.25, 0.3) is 5.73 Å². The van der Waals surface area contributed by atoms with Crippen molar-refractivity contribution in [3.63, 3.8) is 0 Å². The molecule has 12 nitrogen and oxygen atoms in total. The molecule has 1 radical (unpaired) electrons. The summed E-state index contributed by atoms with van der Waals surface area (Å²) < 4.78 is 10.9. The predicted octanol–water partition coefficient (Wildman–Crippen LogP) is -0.855. The third-order valence-corrected chi connectivity index (χ3v) is 7.17. The number of aliphatic hydroxyl groups excluding tert-OH is 3. The van der Waals surface area contributed by atoms with Crippen molar-refractivity contribution in [1.82, 2.24) is 15.1 Å². The molecule has 4 rings (SSSR count). The second-order valence-corrected chi connectivity index (χ2v) is 9.69. The van der Waals surface area contributed by atoms with Crippen molar-refractivity contribution in [2.45, 2.75) is 94.2 Å². The Morgan fingerprint density at radius 1 is 0.973 bits per heavy atom. The van der Waals surface area contributed by atoms with Crippen LogP contribution in [-0.4, -0.2) is 105 Å². The molecular formula is C23H34BN4O8Y-. The van der Waals surface area contributed by atoms with E-state index in [1.165, 1.54) is 29.1 Å². The average Bonchev–Trinajstić information content (AvgIpc) is 3.14. The number of carbonyl (C=O) groups is 3. The minimum atomic E-state index is -1.51. The third-order valence-electron chi connectivity index (χ3n) is 7.17. The van der Waals surface area contributed by atoms with Gasteiger partial charge in [0.15, 0.2) is 0 Å². The Balaban J connectivity index is 0.00000380. The van der Waals surface area contributed by atoms with Gasteiger partial charge >= 0.3 is 176 Å². The van der Waals surface area contributed by atoms with Gasteiger partial charge in [-0.1, -0.05) is 0 Å². The third kappa shape index (κ3) is 6.51. The van der Waals surface area contributed by atoms with Gasteiger partial charge in [-0.05, 0) is 0 Å². The van der Waals surface area contributed by atoms with Gasteiger partial charge in [-0.2, -0.15) is 0 Å². The number of hydrogen-bond donors (Lipinski definition) is 4. The van der Waals surface area contributed by atoms with E-state index in [9.17, 15) is 29.7 Å². The van der Waals surface area contributed by atoms with Crippen molar-refractivity contribution < 1.29 is 71.8 Å². The molecule has 2 saturated heterocycles. The topological polar surface area (TPSA) is 172 Å². The molecular weight excluding hydrogens is 560 g/mol. The Labute approximate surface area is 241 Å². The molecule has 4 aliphatic rings. The number of carbonyl (C=O) groups excluding carboxylic acids is 3. The first-order valence-electron chi connectivity index (χ1n) is 12.7. The molecule has 0 aromatic rings. The fraction of sp³-hybridized carbons (Fsp3) is 0.739. The molecule has 37 heavy (non-hydrogen) atoms. The van der Waals surface area contributed by atoms with Gasteiger partial charge in [0.05, 0.1) is 0 Å². The summed E-state index contributed by atoms with van der Waals surface area (Å²) in [5.74, 6) is -2.33. The van der Waals surface area contributed by atoms with E-state index in [1.54, 1.807) is 0 Å². The number of hydrogen-bond acceptors (Lipinski definition) is 9. The van der Waals surface area contributed by atoms with Gasteiger partial charge in [-0.15, -0.1) is 0 Å². The molecule has 2 fully saturated rings. The van der Waals surface area contributed by atoms with Gasteiger partial charge in [0.1, 0.15) is 0 Å². The number of aliphatic hydroxyl groups is 3. The van der Waals surface area contributed by atoms with Crippen molar-refractivity contribution in [3.05, 3.63) is 17.9 Å². The zero-order chi connectivity index (χ0) is 25.9. The zero-order valence-electron chi connectivity index (χ0n) is 20.8. The summed E-state index contributed by atoms with van der Waals surface area (Å²) in [5.41, 5.74) is 8.42. The number of rotatable bonds is 13. The molecule has 3 amide bonds. The Morgan fingerprint density at radius 2 is 1.57 bits per heavy atom. The largest absolute Gasteiger partial charge is 0 e. The molecule has 6 atom stereocenters. The first-order chi connectivity index (χ1) is 17.3. The summed E-state index contributed by atoms with van der Waals surface area (Å²) in [7, 11) is 1.50. The van der Waals surface area contributed by atoms with Crippen LogP contribution in [0.3, 0.4) is 0 Å². The summed E-state index contributed by atoms with van der Waals surface area (Å²) in [5, 5.41) is 33.1. The molecule has 6 unspecified atom stereocenters. The van der Waals surface area contributed by atoms with Crippen LogP contribution in [0.1, 0.15) is 57.8 Å². The average molecular weight is 594 g/mol. The van der Waals surface area contributed by atoms with Crippen molar-refractivity contribution >= 4 is 30.4 Å². The molecule has 4 aliphatic heterocycles. The quantitative estimate of drug-likeness (QED) is 0.0917. The Kier molecular flexibility index (Phi) is 10.8. The first kappa shape index (κ1) is 30.3. The molecule has 0 bridgehead atoms. The number of nitrogens with zero attached hydrogens (tertiary/aromatic N) is 2. The van der Waals surface area contributed by atoms with Crippen LogP contribution in [0.4, 0.5) is 0 Å². The van der Waals surface area contributed by atoms with Crippen LogP contribution in [0.5, 0.6) is 0 Å². The molecule has 14 heteroatoms. The summed E-state index contributed by atoms with van der Waals surface area (Å²) in [6.45, 7) is -0.0335. The van der Waals surface area contributed by atoms with E-state index in [-0.39, 0.29) is 44.5 Å². The van der Waals surface area contributed by atoms with Crippen LogP contribution in [0, 0.1) is 0 Å². The van der Waals surface area contributed by atoms with E-state index < -0.39 is 48.9 Å². The van der Waals surface area contributed by atoms with Crippen LogP contribution >= 0.6 is 0 Å². The van der Waals surface area contributed by atoms with Gasteiger partial charge < -0.3 is 0 Å². The second kappa shape index (κ2) is 13.2. The molecule has 4 heterocycles. The number of unbranched alkanes of at least 4 members (excludes halogenated alkanes) is 7. The maximum Gasteiger partial charge on any atom is 0 e. The summed E-state index contributed by atoms with van der Waals surface area (Å²) in [4.78, 5) is 38.1. The van der Waals surface area contributed by atoms with Gasteiger partial charge in [-0.25, -0.2) is 0 Å². The van der Waals surface area contributed by atoms with Crippen molar-refractivity contribution in [2.75, 3.05) is 13.2 Å². The summed E-state index contributed by atoms with van der Waals surface area (Å²) >= 11 is 0. The van der Waals surface area contributed by atoms with E-state index in [1.807, 2.05) is 0 Å². The maximum atomic E-state index is 12.6. The Hall–Kier alpha value is -1.21. The van der Waals surface area contributed by atoms with Crippen molar-refractivity contribution in [3.8, 4) is 0 Å². The standard InChI is InChI=1S/C23H34BN4O8.Y/c25-21-20(33)19(32)18(14(13-29)35-21)28-22(34)23(28)26-15(24-36-23)9-7-5-3-1-2-4-6-8-12-27-16(30)10-11-17(27)31;/h10-11,14,18-21,25-26,29,32-33H,1-9,12-13H2;/q-1;. The molecule has 0 aromatic carbocycles. The van der Waals surface area contributed by atoms with E-state index in [4.69, 9.17) is 15.1 Å². The van der Waals surface area contributed by atoms with Gasteiger partial charge in [0.25, 0.3) is 11.8 Å². The summed E-state index contributed by atoms with van der Waals surface area (Å²) in [6, 6.07) is -1.03. The van der Waals surface area contributed by atoms with E-state index in [0.717, 1.165) is 57.0 Å². The summed E-state index contributed by atoms with van der Waals surface area (Å²) in [6.07, 6.45) is 6.01. The molecule has 201 valence electrons. The molecule has 0 aliphatic carbocycles. The Morgan fingerprint density at radius 3 is 2.19 bits per heavy atom. The van der Waals surface area contributed by atoms with Crippen LogP contribution in [-0.2, 0) is 56.5 Å². The monoisotopic (exact) mass is 594 g/mol. The predicted molar refractivity (Wildman–Crippen MR) is 128 cm³/mol. The van der Waals surface area contributed by atoms with Crippen molar-refractivity contribution in [2.24, 2.45) is 0 Å². The minimum absolute atomic E-state index is 0. The molecule has 0 saturated carbocycles. The van der Waals surface area contributed by atoms with E-state index in [2.05, 4.69) is 5.32 Å². The zero-order valence-corrected chi connectivity index (χ0v) is 23.6. The van der Waals surface area contributed by atoms with Crippen LogP contribution < -0.4 is 5.32 Å². The van der Waals surface area contributed by atoms with Crippen molar-refractivity contribution in [1.29, 1.82) is 0 Å². The van der Waals surface area contributed by atoms with E-state index >= 15 is 0 Å². The SMILES string of the molecule is [NH-]C1OC(CO)C(N2C(=O)C23NC(CCCCCCCCCCN2C(=O)C=CC2=O)=BO3)C(O)C1O.[Y]. The maximum absolute atomic E-state index is 12.6. The normalized spacial score (nSPS) is 32.3. The van der Waals surface area contributed by atoms with Gasteiger partial charge in [0, 0.05) is 44.9 Å². The number of ether oxygens (including phenoxy) is 1. The van der Waals surface area contributed by atoms with E-state index in [0.29, 0.717) is 13.0 Å². The Bertz CT molecular complexity index is 903. The second-order valence-electron chi connectivity index (χ2n) is 9.69. The number of amides is 3. The molecule has 0 aromatic heterocycles. The molecule has 5 N–H and O–H groups in total. The fourth-order valence-corrected chi connectivity index (χ4v) is 5.07. The van der Waals surface area contributed by atoms with Crippen LogP contribution in [0.2, 0.25) is 0 Å². The number of nitrogens with one attached hydrogen (secondary N) is 2. The van der Waals surface area contributed by atoms with Crippen LogP contribution in [0.15, 0.2) is 12.2 Å².